The molecule has 3 rings (SSSR count). The number of hydrogen-bond acceptors (Lipinski definition) is 4. The molecule has 0 radical (unpaired) electrons. The lowest BCUT2D eigenvalue weighted by Gasteiger charge is -2.31. The third-order valence-corrected chi connectivity index (χ3v) is 3.49. The lowest BCUT2D eigenvalue weighted by atomic mass is 10.0. The molecular weight excluding hydrogens is 242 g/mol. The molecule has 0 bridgehead atoms. The van der Waals surface area contributed by atoms with Crippen molar-refractivity contribution in [2.75, 3.05) is 13.1 Å². The summed E-state index contributed by atoms with van der Waals surface area (Å²) in [5.74, 6) is 0.0828. The molecule has 6 nitrogen and oxygen atoms in total. The first-order valence-electron chi connectivity index (χ1n) is 6.40. The quantitative estimate of drug-likeness (QED) is 0.809. The van der Waals surface area contributed by atoms with Gasteiger partial charge in [-0.1, -0.05) is 5.21 Å². The SMILES string of the molecule is O=C(c1ccncc1)N1CCC(n2ccnn2)CC1. The average Bonchev–Trinajstić information content (AvgIpc) is 3.02. The van der Waals surface area contributed by atoms with Gasteiger partial charge in [0, 0.05) is 37.2 Å². The second-order valence-corrected chi connectivity index (χ2v) is 4.64. The minimum absolute atomic E-state index is 0.0828. The number of pyridine rings is 1. The van der Waals surface area contributed by atoms with Crippen LogP contribution in [0.25, 0.3) is 0 Å². The van der Waals surface area contributed by atoms with Crippen LogP contribution in [0.4, 0.5) is 0 Å². The van der Waals surface area contributed by atoms with Crippen LogP contribution in [0.15, 0.2) is 36.9 Å². The van der Waals surface area contributed by atoms with Crippen molar-refractivity contribution >= 4 is 5.91 Å². The molecule has 0 aliphatic carbocycles. The van der Waals surface area contributed by atoms with Crippen molar-refractivity contribution < 1.29 is 4.79 Å². The van der Waals surface area contributed by atoms with Crippen LogP contribution < -0.4 is 0 Å². The molecule has 98 valence electrons. The van der Waals surface area contributed by atoms with Crippen LogP contribution in [-0.4, -0.2) is 43.9 Å². The van der Waals surface area contributed by atoms with Gasteiger partial charge in [0.1, 0.15) is 0 Å². The molecule has 6 heteroatoms. The van der Waals surface area contributed by atoms with E-state index in [0.717, 1.165) is 25.9 Å². The van der Waals surface area contributed by atoms with Gasteiger partial charge in [-0.3, -0.25) is 9.78 Å². The number of aromatic nitrogens is 4. The van der Waals surface area contributed by atoms with Crippen LogP contribution in [0.5, 0.6) is 0 Å². The number of carbonyl (C=O) groups is 1. The Morgan fingerprint density at radius 2 is 1.89 bits per heavy atom. The Morgan fingerprint density at radius 1 is 1.16 bits per heavy atom. The summed E-state index contributed by atoms with van der Waals surface area (Å²) in [5.41, 5.74) is 0.703. The van der Waals surface area contributed by atoms with Crippen molar-refractivity contribution in [1.29, 1.82) is 0 Å². The highest BCUT2D eigenvalue weighted by Crippen LogP contribution is 2.22. The Labute approximate surface area is 111 Å². The molecule has 1 aliphatic rings. The maximum absolute atomic E-state index is 12.3. The first kappa shape index (κ1) is 11.8. The van der Waals surface area contributed by atoms with Gasteiger partial charge >= 0.3 is 0 Å². The van der Waals surface area contributed by atoms with E-state index >= 15 is 0 Å². The first-order chi connectivity index (χ1) is 9.34. The standard InChI is InChI=1S/C13H15N5O/c19-13(11-1-5-14-6-2-11)17-8-3-12(4-9-17)18-10-7-15-16-18/h1-2,5-7,10,12H,3-4,8-9H2. The average molecular weight is 257 g/mol. The first-order valence-corrected chi connectivity index (χ1v) is 6.40. The van der Waals surface area contributed by atoms with Crippen LogP contribution in [0.1, 0.15) is 29.2 Å². The van der Waals surface area contributed by atoms with E-state index in [1.165, 1.54) is 0 Å². The monoisotopic (exact) mass is 257 g/mol. The number of carbonyl (C=O) groups excluding carboxylic acids is 1. The molecular formula is C13H15N5O. The Kier molecular flexibility index (Phi) is 3.22. The second kappa shape index (κ2) is 5.17. The largest absolute Gasteiger partial charge is 0.338 e. The highest BCUT2D eigenvalue weighted by Gasteiger charge is 2.24. The highest BCUT2D eigenvalue weighted by atomic mass is 16.2. The van der Waals surface area contributed by atoms with Crippen molar-refractivity contribution in [2.24, 2.45) is 0 Å². The van der Waals surface area contributed by atoms with Crippen LogP contribution in [0, 0.1) is 0 Å². The molecule has 3 heterocycles. The van der Waals surface area contributed by atoms with Crippen LogP contribution in [0.2, 0.25) is 0 Å². The maximum Gasteiger partial charge on any atom is 0.253 e. The van der Waals surface area contributed by atoms with Crippen LogP contribution >= 0.6 is 0 Å². The zero-order valence-corrected chi connectivity index (χ0v) is 10.5. The van der Waals surface area contributed by atoms with Crippen molar-refractivity contribution in [3.05, 3.63) is 42.5 Å². The molecule has 1 fully saturated rings. The molecule has 1 saturated heterocycles. The van der Waals surface area contributed by atoms with E-state index in [1.807, 2.05) is 15.8 Å². The third kappa shape index (κ3) is 2.47. The number of piperidine rings is 1. The third-order valence-electron chi connectivity index (χ3n) is 3.49. The summed E-state index contributed by atoms with van der Waals surface area (Å²) < 4.78 is 1.88. The number of amides is 1. The molecule has 0 aromatic carbocycles. The van der Waals surface area contributed by atoms with Gasteiger partial charge in [-0.2, -0.15) is 0 Å². The fourth-order valence-electron chi connectivity index (χ4n) is 2.42. The Balaban J connectivity index is 1.63. The molecule has 0 saturated carbocycles. The summed E-state index contributed by atoms with van der Waals surface area (Å²) in [5, 5.41) is 7.85. The van der Waals surface area contributed by atoms with E-state index in [4.69, 9.17) is 0 Å². The summed E-state index contributed by atoms with van der Waals surface area (Å²) in [6.45, 7) is 1.51. The van der Waals surface area contributed by atoms with Gasteiger partial charge in [-0.05, 0) is 25.0 Å². The van der Waals surface area contributed by atoms with Crippen molar-refractivity contribution in [3.8, 4) is 0 Å². The van der Waals surface area contributed by atoms with Crippen molar-refractivity contribution in [3.63, 3.8) is 0 Å². The van der Waals surface area contributed by atoms with Crippen molar-refractivity contribution in [1.82, 2.24) is 24.9 Å². The van der Waals surface area contributed by atoms with E-state index in [0.29, 0.717) is 11.6 Å². The summed E-state index contributed by atoms with van der Waals surface area (Å²) >= 11 is 0. The fraction of sp³-hybridized carbons (Fsp3) is 0.385. The van der Waals surface area contributed by atoms with Gasteiger partial charge < -0.3 is 4.90 Å². The van der Waals surface area contributed by atoms with Gasteiger partial charge in [0.15, 0.2) is 0 Å². The van der Waals surface area contributed by atoms with Gasteiger partial charge in [-0.25, -0.2) is 4.68 Å². The summed E-state index contributed by atoms with van der Waals surface area (Å²) in [6.07, 6.45) is 8.70. The normalized spacial score (nSPS) is 16.5. The maximum atomic E-state index is 12.3. The highest BCUT2D eigenvalue weighted by molar-refractivity contribution is 5.94. The van der Waals surface area contributed by atoms with Crippen molar-refractivity contribution in [2.45, 2.75) is 18.9 Å². The van der Waals surface area contributed by atoms with E-state index in [2.05, 4.69) is 15.3 Å². The summed E-state index contributed by atoms with van der Waals surface area (Å²) in [4.78, 5) is 18.1. The van der Waals surface area contributed by atoms with E-state index in [9.17, 15) is 4.79 Å². The topological polar surface area (TPSA) is 63.9 Å². The molecule has 0 N–H and O–H groups in total. The van der Waals surface area contributed by atoms with Crippen LogP contribution in [-0.2, 0) is 0 Å². The zero-order chi connectivity index (χ0) is 13.1. The van der Waals surface area contributed by atoms with E-state index in [1.54, 1.807) is 30.7 Å². The fourth-order valence-corrected chi connectivity index (χ4v) is 2.42. The molecule has 0 unspecified atom stereocenters. The predicted octanol–water partition coefficient (Wildman–Crippen LogP) is 1.15. The zero-order valence-electron chi connectivity index (χ0n) is 10.5. The Hall–Kier alpha value is -2.24. The van der Waals surface area contributed by atoms with E-state index < -0.39 is 0 Å². The molecule has 2 aromatic heterocycles. The lowest BCUT2D eigenvalue weighted by Crippen LogP contribution is -2.39. The number of likely N-dealkylation sites (tertiary alicyclic amines) is 1. The minimum atomic E-state index is 0.0828. The predicted molar refractivity (Wildman–Crippen MR) is 68.4 cm³/mol. The van der Waals surface area contributed by atoms with Gasteiger partial charge in [0.05, 0.1) is 12.2 Å². The van der Waals surface area contributed by atoms with E-state index in [-0.39, 0.29) is 5.91 Å². The molecule has 0 atom stereocenters. The van der Waals surface area contributed by atoms with Gasteiger partial charge in [-0.15, -0.1) is 5.10 Å². The number of nitrogens with zero attached hydrogens (tertiary/aromatic N) is 5. The summed E-state index contributed by atoms with van der Waals surface area (Å²) in [7, 11) is 0. The van der Waals surface area contributed by atoms with Gasteiger partial charge in [0.2, 0.25) is 0 Å². The second-order valence-electron chi connectivity index (χ2n) is 4.64. The Morgan fingerprint density at radius 3 is 2.53 bits per heavy atom. The van der Waals surface area contributed by atoms with Crippen LogP contribution in [0.3, 0.4) is 0 Å². The Bertz CT molecular complexity index is 531. The minimum Gasteiger partial charge on any atom is -0.338 e. The molecule has 1 amide bonds. The smallest absolute Gasteiger partial charge is 0.253 e. The molecule has 19 heavy (non-hydrogen) atoms. The van der Waals surface area contributed by atoms with Gasteiger partial charge in [0.25, 0.3) is 5.91 Å². The molecule has 1 aliphatic heterocycles. The molecule has 2 aromatic rings. The summed E-state index contributed by atoms with van der Waals surface area (Å²) in [6, 6.07) is 3.86. The molecule has 0 spiro atoms. The lowest BCUT2D eigenvalue weighted by molar-refractivity contribution is 0.0689. The number of hydrogen-bond donors (Lipinski definition) is 0. The number of rotatable bonds is 2.